The molecule has 0 aliphatic carbocycles. The van der Waals surface area contributed by atoms with E-state index in [1.807, 2.05) is 24.8 Å². The lowest BCUT2D eigenvalue weighted by Gasteiger charge is -2.20. The van der Waals surface area contributed by atoms with Crippen molar-refractivity contribution in [1.82, 2.24) is 15.1 Å². The summed E-state index contributed by atoms with van der Waals surface area (Å²) in [6.45, 7) is 6.29. The molecular formula is C16H23N3O. The molecular weight excluding hydrogens is 250 g/mol. The number of aromatic nitrogens is 2. The second-order valence-corrected chi connectivity index (χ2v) is 5.15. The lowest BCUT2D eigenvalue weighted by atomic mass is 9.93. The van der Waals surface area contributed by atoms with Crippen LogP contribution in [0.25, 0.3) is 0 Å². The molecule has 2 aromatic rings. The number of ether oxygens (including phenoxy) is 1. The normalized spacial score (nSPS) is 12.5. The minimum absolute atomic E-state index is 0.148. The molecule has 0 saturated heterocycles. The molecule has 0 saturated carbocycles. The molecule has 0 radical (unpaired) electrons. The average molecular weight is 273 g/mol. The second kappa shape index (κ2) is 5.67. The van der Waals surface area contributed by atoms with Gasteiger partial charge in [0.05, 0.1) is 18.8 Å². The van der Waals surface area contributed by atoms with Gasteiger partial charge < -0.3 is 10.1 Å². The second-order valence-electron chi connectivity index (χ2n) is 5.15. The lowest BCUT2D eigenvalue weighted by Crippen LogP contribution is -2.20. The number of methoxy groups -OCH3 is 1. The number of aryl methyl sites for hydroxylation is 3. The van der Waals surface area contributed by atoms with Crippen molar-refractivity contribution in [2.75, 3.05) is 14.2 Å². The maximum atomic E-state index is 5.28. The van der Waals surface area contributed by atoms with Crippen LogP contribution in [-0.2, 0) is 7.05 Å². The lowest BCUT2D eigenvalue weighted by molar-refractivity contribution is 0.414. The van der Waals surface area contributed by atoms with Gasteiger partial charge in [-0.3, -0.25) is 4.68 Å². The van der Waals surface area contributed by atoms with E-state index in [0.717, 1.165) is 11.4 Å². The van der Waals surface area contributed by atoms with Crippen molar-refractivity contribution in [2.24, 2.45) is 7.05 Å². The molecule has 1 atom stereocenters. The van der Waals surface area contributed by atoms with E-state index in [1.54, 1.807) is 7.11 Å². The quantitative estimate of drug-likeness (QED) is 0.931. The fraction of sp³-hybridized carbons (Fsp3) is 0.438. The molecule has 0 bridgehead atoms. The van der Waals surface area contributed by atoms with Gasteiger partial charge in [-0.2, -0.15) is 5.10 Å². The van der Waals surface area contributed by atoms with Crippen LogP contribution in [0.2, 0.25) is 0 Å². The zero-order chi connectivity index (χ0) is 14.9. The van der Waals surface area contributed by atoms with Gasteiger partial charge in [0.2, 0.25) is 0 Å². The molecule has 1 aromatic carbocycles. The molecule has 108 valence electrons. The molecule has 1 heterocycles. The summed E-state index contributed by atoms with van der Waals surface area (Å²) in [6.07, 6.45) is 0. The first-order chi connectivity index (χ1) is 9.49. The number of hydrogen-bond donors (Lipinski definition) is 1. The molecule has 0 spiro atoms. The monoisotopic (exact) mass is 273 g/mol. The smallest absolute Gasteiger partial charge is 0.119 e. The fourth-order valence-electron chi connectivity index (χ4n) is 2.76. The molecule has 0 aliphatic rings. The molecule has 1 aromatic heterocycles. The van der Waals surface area contributed by atoms with Crippen molar-refractivity contribution in [3.8, 4) is 5.75 Å². The van der Waals surface area contributed by atoms with E-state index >= 15 is 0 Å². The highest BCUT2D eigenvalue weighted by molar-refractivity contribution is 5.43. The topological polar surface area (TPSA) is 39.1 Å². The molecule has 0 amide bonds. The van der Waals surface area contributed by atoms with E-state index in [4.69, 9.17) is 4.74 Å². The van der Waals surface area contributed by atoms with Gasteiger partial charge in [0.15, 0.2) is 0 Å². The molecule has 0 aliphatic heterocycles. The third-order valence-corrected chi connectivity index (χ3v) is 3.93. The first-order valence-corrected chi connectivity index (χ1v) is 6.81. The summed E-state index contributed by atoms with van der Waals surface area (Å²) < 4.78 is 7.22. The van der Waals surface area contributed by atoms with Crippen LogP contribution in [0.15, 0.2) is 18.2 Å². The van der Waals surface area contributed by atoms with Crippen LogP contribution >= 0.6 is 0 Å². The third-order valence-electron chi connectivity index (χ3n) is 3.93. The Kier molecular flexibility index (Phi) is 4.14. The Bertz CT molecular complexity index is 616. The fourth-order valence-corrected chi connectivity index (χ4v) is 2.76. The molecule has 20 heavy (non-hydrogen) atoms. The van der Waals surface area contributed by atoms with Crippen molar-refractivity contribution in [3.05, 3.63) is 46.3 Å². The molecule has 2 rings (SSSR count). The zero-order valence-electron chi connectivity index (χ0n) is 13.1. The number of hydrogen-bond acceptors (Lipinski definition) is 3. The van der Waals surface area contributed by atoms with Crippen LogP contribution in [0.1, 0.15) is 34.1 Å². The van der Waals surface area contributed by atoms with Crippen molar-refractivity contribution in [2.45, 2.75) is 26.8 Å². The Labute approximate surface area is 120 Å². The number of benzene rings is 1. The summed E-state index contributed by atoms with van der Waals surface area (Å²) in [5.74, 6) is 0.890. The highest BCUT2D eigenvalue weighted by Gasteiger charge is 2.21. The van der Waals surface area contributed by atoms with Crippen molar-refractivity contribution in [3.63, 3.8) is 0 Å². The van der Waals surface area contributed by atoms with E-state index in [2.05, 4.69) is 43.3 Å². The van der Waals surface area contributed by atoms with Gasteiger partial charge in [-0.05, 0) is 51.1 Å². The Balaban J connectivity index is 2.52. The Hall–Kier alpha value is -1.81. The van der Waals surface area contributed by atoms with Crippen LogP contribution in [0.5, 0.6) is 5.75 Å². The zero-order valence-corrected chi connectivity index (χ0v) is 13.1. The van der Waals surface area contributed by atoms with Gasteiger partial charge in [-0.1, -0.05) is 6.07 Å². The van der Waals surface area contributed by atoms with Crippen LogP contribution in [-0.4, -0.2) is 23.9 Å². The Morgan fingerprint density at radius 2 is 1.95 bits per heavy atom. The van der Waals surface area contributed by atoms with Gasteiger partial charge in [0, 0.05) is 18.3 Å². The van der Waals surface area contributed by atoms with Gasteiger partial charge in [0.1, 0.15) is 5.75 Å². The van der Waals surface area contributed by atoms with Gasteiger partial charge in [0.25, 0.3) is 0 Å². The summed E-state index contributed by atoms with van der Waals surface area (Å²) in [6, 6.07) is 6.35. The number of nitrogens with zero attached hydrogens (tertiary/aromatic N) is 2. The summed E-state index contributed by atoms with van der Waals surface area (Å²) in [5, 5.41) is 7.93. The van der Waals surface area contributed by atoms with Gasteiger partial charge >= 0.3 is 0 Å². The summed E-state index contributed by atoms with van der Waals surface area (Å²) in [5.41, 5.74) is 5.98. The summed E-state index contributed by atoms with van der Waals surface area (Å²) in [7, 11) is 5.67. The van der Waals surface area contributed by atoms with E-state index in [0.29, 0.717) is 0 Å². The Morgan fingerprint density at radius 3 is 2.40 bits per heavy atom. The minimum Gasteiger partial charge on any atom is -0.497 e. The van der Waals surface area contributed by atoms with Crippen LogP contribution in [0.4, 0.5) is 0 Å². The van der Waals surface area contributed by atoms with Crippen molar-refractivity contribution < 1.29 is 4.74 Å². The molecule has 1 N–H and O–H groups in total. The number of nitrogens with one attached hydrogen (secondary N) is 1. The van der Waals surface area contributed by atoms with Crippen molar-refractivity contribution in [1.29, 1.82) is 0 Å². The average Bonchev–Trinajstić information content (AvgIpc) is 2.67. The van der Waals surface area contributed by atoms with E-state index in [9.17, 15) is 0 Å². The SMILES string of the molecule is CNC(c1ccc(OC)cc1C)c1c(C)nn(C)c1C. The highest BCUT2D eigenvalue weighted by atomic mass is 16.5. The first-order valence-electron chi connectivity index (χ1n) is 6.81. The predicted octanol–water partition coefficient (Wildman–Crippen LogP) is 2.66. The molecule has 1 unspecified atom stereocenters. The molecule has 4 nitrogen and oxygen atoms in total. The Morgan fingerprint density at radius 1 is 1.25 bits per heavy atom. The maximum absolute atomic E-state index is 5.28. The standard InChI is InChI=1S/C16H23N3O/c1-10-9-13(20-6)7-8-14(10)16(17-4)15-11(2)18-19(5)12(15)3/h7-9,16-17H,1-6H3. The summed E-state index contributed by atoms with van der Waals surface area (Å²) >= 11 is 0. The first kappa shape index (κ1) is 14.6. The van der Waals surface area contributed by atoms with E-state index < -0.39 is 0 Å². The van der Waals surface area contributed by atoms with Gasteiger partial charge in [-0.15, -0.1) is 0 Å². The van der Waals surface area contributed by atoms with Crippen molar-refractivity contribution >= 4 is 0 Å². The highest BCUT2D eigenvalue weighted by Crippen LogP contribution is 2.30. The van der Waals surface area contributed by atoms with Gasteiger partial charge in [-0.25, -0.2) is 0 Å². The number of rotatable bonds is 4. The van der Waals surface area contributed by atoms with Crippen LogP contribution < -0.4 is 10.1 Å². The van der Waals surface area contributed by atoms with Crippen LogP contribution in [0, 0.1) is 20.8 Å². The minimum atomic E-state index is 0.148. The largest absolute Gasteiger partial charge is 0.497 e. The molecule has 0 fully saturated rings. The maximum Gasteiger partial charge on any atom is 0.119 e. The predicted molar refractivity (Wildman–Crippen MR) is 81.3 cm³/mol. The van der Waals surface area contributed by atoms with E-state index in [-0.39, 0.29) is 6.04 Å². The van der Waals surface area contributed by atoms with Crippen LogP contribution in [0.3, 0.4) is 0 Å². The molecule has 4 heteroatoms. The third kappa shape index (κ3) is 2.43. The summed E-state index contributed by atoms with van der Waals surface area (Å²) in [4.78, 5) is 0. The van der Waals surface area contributed by atoms with E-state index in [1.165, 1.54) is 22.4 Å².